The van der Waals surface area contributed by atoms with E-state index in [1.807, 2.05) is 0 Å². The number of aryl methyl sites for hydroxylation is 1. The molecule has 1 amide bonds. The summed E-state index contributed by atoms with van der Waals surface area (Å²) in [6, 6.07) is 4.36. The van der Waals surface area contributed by atoms with Crippen molar-refractivity contribution in [1.29, 1.82) is 0 Å². The van der Waals surface area contributed by atoms with E-state index in [0.717, 1.165) is 23.1 Å². The fraction of sp³-hybridized carbons (Fsp3) is 0.368. The van der Waals surface area contributed by atoms with E-state index in [1.54, 1.807) is 13.0 Å². The molecule has 31 heavy (non-hydrogen) atoms. The first-order chi connectivity index (χ1) is 14.4. The fourth-order valence-corrected chi connectivity index (χ4v) is 4.37. The van der Waals surface area contributed by atoms with E-state index in [9.17, 15) is 26.7 Å². The van der Waals surface area contributed by atoms with Gasteiger partial charge in [0.1, 0.15) is 6.33 Å². The summed E-state index contributed by atoms with van der Waals surface area (Å²) >= 11 is 2.81. The Morgan fingerprint density at radius 2 is 2.00 bits per heavy atom. The van der Waals surface area contributed by atoms with E-state index < -0.39 is 42.5 Å². The lowest BCUT2D eigenvalue weighted by Crippen LogP contribution is -2.49. The van der Waals surface area contributed by atoms with Crippen molar-refractivity contribution < 1.29 is 26.7 Å². The molecule has 1 fully saturated rings. The van der Waals surface area contributed by atoms with E-state index in [1.165, 1.54) is 10.8 Å². The molecule has 12 heteroatoms. The van der Waals surface area contributed by atoms with E-state index in [-0.39, 0.29) is 22.4 Å². The number of amides is 1. The largest absolute Gasteiger partial charge is 0.417 e. The summed E-state index contributed by atoms with van der Waals surface area (Å²) in [6.45, 7) is 0.818. The van der Waals surface area contributed by atoms with Gasteiger partial charge in [0.25, 0.3) is 17.6 Å². The highest BCUT2D eigenvalue weighted by molar-refractivity contribution is 9.10. The van der Waals surface area contributed by atoms with Crippen LogP contribution in [0.4, 0.5) is 22.0 Å². The molecule has 0 aliphatic carbocycles. The molecule has 1 atom stereocenters. The zero-order valence-corrected chi connectivity index (χ0v) is 17.6. The summed E-state index contributed by atoms with van der Waals surface area (Å²) in [5.41, 5.74) is -0.0698. The quantitative estimate of drug-likeness (QED) is 0.483. The van der Waals surface area contributed by atoms with Crippen molar-refractivity contribution >= 4 is 27.6 Å². The maximum absolute atomic E-state index is 14.6. The summed E-state index contributed by atoms with van der Waals surface area (Å²) in [5, 5.41) is 4.04. The molecule has 0 spiro atoms. The van der Waals surface area contributed by atoms with Gasteiger partial charge in [-0.25, -0.2) is 18.3 Å². The highest BCUT2D eigenvalue weighted by Crippen LogP contribution is 2.38. The molecule has 0 saturated carbocycles. The highest BCUT2D eigenvalue weighted by Gasteiger charge is 2.44. The van der Waals surface area contributed by atoms with Crippen molar-refractivity contribution in [1.82, 2.24) is 24.5 Å². The number of halogens is 6. The second-order valence-electron chi connectivity index (χ2n) is 7.43. The number of alkyl halides is 5. The molecule has 1 saturated heterocycles. The van der Waals surface area contributed by atoms with Crippen LogP contribution in [0.1, 0.15) is 39.6 Å². The van der Waals surface area contributed by atoms with Crippen molar-refractivity contribution in [2.45, 2.75) is 31.4 Å². The maximum Gasteiger partial charge on any atom is 0.417 e. The zero-order valence-electron chi connectivity index (χ0n) is 16.0. The van der Waals surface area contributed by atoms with Crippen LogP contribution < -0.4 is 0 Å². The Balaban J connectivity index is 1.67. The molecule has 1 aliphatic rings. The fourth-order valence-electron chi connectivity index (χ4n) is 3.76. The van der Waals surface area contributed by atoms with Crippen LogP contribution in [0.3, 0.4) is 0 Å². The summed E-state index contributed by atoms with van der Waals surface area (Å²) < 4.78 is 69.1. The predicted octanol–water partition coefficient (Wildman–Crippen LogP) is 4.48. The molecule has 1 aliphatic heterocycles. The molecule has 1 unspecified atom stereocenters. The molecule has 0 bridgehead atoms. The Labute approximate surface area is 181 Å². The minimum absolute atomic E-state index is 0.0501. The van der Waals surface area contributed by atoms with Gasteiger partial charge in [-0.05, 0) is 31.2 Å². The molecule has 4 rings (SSSR count). The normalized spacial score (nSPS) is 19.1. The van der Waals surface area contributed by atoms with Crippen molar-refractivity contribution in [3.8, 4) is 0 Å². The van der Waals surface area contributed by atoms with Gasteiger partial charge in [0, 0.05) is 34.6 Å². The van der Waals surface area contributed by atoms with Gasteiger partial charge >= 0.3 is 6.18 Å². The minimum Gasteiger partial charge on any atom is -0.332 e. The number of benzene rings is 1. The lowest BCUT2D eigenvalue weighted by atomic mass is 9.91. The third-order valence-corrected chi connectivity index (χ3v) is 5.70. The molecule has 6 nitrogen and oxygen atoms in total. The van der Waals surface area contributed by atoms with Crippen LogP contribution in [0, 0.1) is 6.92 Å². The Bertz CT molecular complexity index is 1160. The number of likely N-dealkylation sites (tertiary alicyclic amines) is 1. The molecule has 2 aromatic heterocycles. The van der Waals surface area contributed by atoms with Crippen molar-refractivity contribution in [2.24, 2.45) is 0 Å². The molecule has 3 aromatic rings. The Kier molecular flexibility index (Phi) is 5.23. The van der Waals surface area contributed by atoms with Gasteiger partial charge in [0.15, 0.2) is 0 Å². The van der Waals surface area contributed by atoms with Gasteiger partial charge in [-0.1, -0.05) is 15.9 Å². The summed E-state index contributed by atoms with van der Waals surface area (Å²) in [6.07, 6.45) is -3.85. The SMILES string of the molecule is Cc1cc(C2CN(C(=O)c3ccc(C(F)(F)F)c(Br)c3)CC(F)(F)C2)n2ncnc2n1. The average Bonchev–Trinajstić information content (AvgIpc) is 3.12. The minimum atomic E-state index is -4.61. The van der Waals surface area contributed by atoms with Gasteiger partial charge in [0.2, 0.25) is 0 Å². The first-order valence-electron chi connectivity index (χ1n) is 9.16. The lowest BCUT2D eigenvalue weighted by Gasteiger charge is -2.37. The second-order valence-corrected chi connectivity index (χ2v) is 8.28. The topological polar surface area (TPSA) is 63.4 Å². The van der Waals surface area contributed by atoms with E-state index >= 15 is 0 Å². The smallest absolute Gasteiger partial charge is 0.332 e. The monoisotopic (exact) mass is 503 g/mol. The number of rotatable bonds is 2. The molecule has 0 radical (unpaired) electrons. The first kappa shape index (κ1) is 21.6. The summed E-state index contributed by atoms with van der Waals surface area (Å²) in [7, 11) is 0. The third kappa shape index (κ3) is 4.25. The first-order valence-corrected chi connectivity index (χ1v) is 9.95. The van der Waals surface area contributed by atoms with Crippen LogP contribution in [0.5, 0.6) is 0 Å². The molecular weight excluding hydrogens is 489 g/mol. The van der Waals surface area contributed by atoms with E-state index in [0.29, 0.717) is 11.4 Å². The number of aromatic nitrogens is 4. The van der Waals surface area contributed by atoms with Crippen LogP contribution >= 0.6 is 15.9 Å². The predicted molar refractivity (Wildman–Crippen MR) is 103 cm³/mol. The van der Waals surface area contributed by atoms with Crippen molar-refractivity contribution in [2.75, 3.05) is 13.1 Å². The molecule has 3 heterocycles. The van der Waals surface area contributed by atoms with Crippen LogP contribution in [0.2, 0.25) is 0 Å². The zero-order chi connectivity index (χ0) is 22.6. The summed E-state index contributed by atoms with van der Waals surface area (Å²) in [5.74, 6) is -4.48. The molecule has 164 valence electrons. The van der Waals surface area contributed by atoms with E-state index in [2.05, 4.69) is 31.0 Å². The maximum atomic E-state index is 14.6. The number of hydrogen-bond acceptors (Lipinski definition) is 4. The van der Waals surface area contributed by atoms with E-state index in [4.69, 9.17) is 0 Å². The number of fused-ring (bicyclic) bond motifs is 1. The van der Waals surface area contributed by atoms with Crippen LogP contribution in [0.25, 0.3) is 5.78 Å². The Morgan fingerprint density at radius 1 is 1.26 bits per heavy atom. The number of nitrogens with zero attached hydrogens (tertiary/aromatic N) is 5. The van der Waals surface area contributed by atoms with Gasteiger partial charge in [-0.2, -0.15) is 23.3 Å². The number of piperidine rings is 1. The van der Waals surface area contributed by atoms with Gasteiger partial charge in [-0.15, -0.1) is 0 Å². The number of hydrogen-bond donors (Lipinski definition) is 0. The van der Waals surface area contributed by atoms with Gasteiger partial charge in [0.05, 0.1) is 17.8 Å². The van der Waals surface area contributed by atoms with Crippen molar-refractivity contribution in [3.63, 3.8) is 0 Å². The highest BCUT2D eigenvalue weighted by atomic mass is 79.9. The van der Waals surface area contributed by atoms with Crippen LogP contribution in [-0.4, -0.2) is 49.4 Å². The van der Waals surface area contributed by atoms with Crippen molar-refractivity contribution in [3.05, 3.63) is 57.6 Å². The lowest BCUT2D eigenvalue weighted by molar-refractivity contribution is -0.138. The summed E-state index contributed by atoms with van der Waals surface area (Å²) in [4.78, 5) is 22.0. The number of carbonyl (C=O) groups is 1. The standard InChI is InChI=1S/C19H15BrF5N5O/c1-10-4-15(30-17(28-10)26-9-27-30)12-6-18(21,22)8-29(7-12)16(31)11-2-3-13(14(20)5-11)19(23,24)25/h2-5,9,12H,6-8H2,1H3. The van der Waals surface area contributed by atoms with Crippen LogP contribution in [0.15, 0.2) is 35.1 Å². The molecule has 0 N–H and O–H groups in total. The van der Waals surface area contributed by atoms with Gasteiger partial charge < -0.3 is 4.90 Å². The second kappa shape index (κ2) is 7.50. The average molecular weight is 504 g/mol. The Morgan fingerprint density at radius 3 is 2.68 bits per heavy atom. The molecule has 1 aromatic carbocycles. The molecular formula is C19H15BrF5N5O. The van der Waals surface area contributed by atoms with Crippen LogP contribution in [-0.2, 0) is 6.18 Å². The number of carbonyl (C=O) groups excluding carboxylic acids is 1. The Hall–Kier alpha value is -2.63. The third-order valence-electron chi connectivity index (χ3n) is 5.04. The van der Waals surface area contributed by atoms with Gasteiger partial charge in [-0.3, -0.25) is 4.79 Å².